The summed E-state index contributed by atoms with van der Waals surface area (Å²) >= 11 is 3.25. The molecule has 4 heteroatoms. The molecule has 3 nitrogen and oxygen atoms in total. The summed E-state index contributed by atoms with van der Waals surface area (Å²) in [5.41, 5.74) is 0.770. The van der Waals surface area contributed by atoms with Gasteiger partial charge in [-0.1, -0.05) is 21.9 Å². The summed E-state index contributed by atoms with van der Waals surface area (Å²) in [6.45, 7) is 0. The Balaban J connectivity index is 2.75. The minimum Gasteiger partial charge on any atom is -0.478 e. The van der Waals surface area contributed by atoms with Crippen molar-refractivity contribution in [3.8, 4) is 11.8 Å². The molecule has 0 atom stereocenters. The number of hydrogen-bond donors (Lipinski definition) is 1. The monoisotopic (exact) mass is 253 g/mol. The predicted octanol–water partition coefficient (Wildman–Crippen LogP) is 1.92. The Morgan fingerprint density at radius 1 is 1.57 bits per heavy atom. The molecule has 14 heavy (non-hydrogen) atoms. The third-order valence-corrected chi connectivity index (χ3v) is 1.84. The van der Waals surface area contributed by atoms with E-state index in [1.54, 1.807) is 6.07 Å². The van der Waals surface area contributed by atoms with Crippen molar-refractivity contribution in [3.63, 3.8) is 0 Å². The quantitative estimate of drug-likeness (QED) is 0.647. The zero-order valence-corrected chi connectivity index (χ0v) is 8.91. The Hall–Kier alpha value is -1.34. The number of alkyl halides is 1. The van der Waals surface area contributed by atoms with Gasteiger partial charge < -0.3 is 5.11 Å². The first-order chi connectivity index (χ1) is 6.74. The number of aromatic nitrogens is 1. The van der Waals surface area contributed by atoms with Gasteiger partial charge in [0.1, 0.15) is 5.69 Å². The second-order valence-corrected chi connectivity index (χ2v) is 3.27. The van der Waals surface area contributed by atoms with Crippen LogP contribution < -0.4 is 0 Å². The van der Waals surface area contributed by atoms with E-state index in [2.05, 4.69) is 32.8 Å². The summed E-state index contributed by atoms with van der Waals surface area (Å²) in [5.74, 6) is 4.75. The number of hydrogen-bond acceptors (Lipinski definition) is 2. The summed E-state index contributed by atoms with van der Waals surface area (Å²) < 4.78 is 0. The van der Waals surface area contributed by atoms with Crippen LogP contribution in [0.1, 0.15) is 22.5 Å². The molecule has 1 N–H and O–H groups in total. The van der Waals surface area contributed by atoms with Gasteiger partial charge in [-0.25, -0.2) is 9.78 Å². The first kappa shape index (κ1) is 10.7. The predicted molar refractivity (Wildman–Crippen MR) is 56.5 cm³/mol. The molecule has 0 unspecified atom stereocenters. The number of carboxylic acids is 1. The molecule has 0 saturated carbocycles. The highest BCUT2D eigenvalue weighted by atomic mass is 79.9. The summed E-state index contributed by atoms with van der Waals surface area (Å²) in [5, 5.41) is 9.43. The summed E-state index contributed by atoms with van der Waals surface area (Å²) in [6, 6.07) is 3.10. The maximum absolute atomic E-state index is 10.5. The Kier molecular flexibility index (Phi) is 4.14. The third-order valence-electron chi connectivity index (χ3n) is 1.45. The van der Waals surface area contributed by atoms with Crippen molar-refractivity contribution in [3.05, 3.63) is 29.6 Å². The Labute approximate surface area is 90.3 Å². The second kappa shape index (κ2) is 5.40. The highest BCUT2D eigenvalue weighted by molar-refractivity contribution is 9.09. The molecule has 0 aliphatic carbocycles. The van der Waals surface area contributed by atoms with Crippen LogP contribution >= 0.6 is 15.9 Å². The topological polar surface area (TPSA) is 50.2 Å². The Morgan fingerprint density at radius 2 is 2.36 bits per heavy atom. The maximum Gasteiger partial charge on any atom is 0.337 e. The van der Waals surface area contributed by atoms with Crippen molar-refractivity contribution >= 4 is 21.9 Å². The molecule has 0 aliphatic heterocycles. The molecule has 0 aromatic carbocycles. The lowest BCUT2D eigenvalue weighted by Gasteiger charge is -1.92. The molecule has 1 aromatic heterocycles. The van der Waals surface area contributed by atoms with E-state index in [0.717, 1.165) is 11.8 Å². The average Bonchev–Trinajstić information content (AvgIpc) is 2.19. The van der Waals surface area contributed by atoms with Crippen LogP contribution in [0.5, 0.6) is 0 Å². The highest BCUT2D eigenvalue weighted by Crippen LogP contribution is 1.99. The number of rotatable bonds is 2. The van der Waals surface area contributed by atoms with E-state index < -0.39 is 5.97 Å². The highest BCUT2D eigenvalue weighted by Gasteiger charge is 2.00. The number of carbonyl (C=O) groups is 1. The standard InChI is InChI=1S/C10H8BrNO2/c11-6-2-1-3-9-5-4-8(7-12-9)10(13)14/h4-5,7H,2,6H2,(H,13,14). The zero-order chi connectivity index (χ0) is 10.4. The first-order valence-corrected chi connectivity index (χ1v) is 5.10. The van der Waals surface area contributed by atoms with Crippen molar-refractivity contribution < 1.29 is 9.90 Å². The maximum atomic E-state index is 10.5. The van der Waals surface area contributed by atoms with Crippen LogP contribution in [0.25, 0.3) is 0 Å². The summed E-state index contributed by atoms with van der Waals surface area (Å²) in [4.78, 5) is 14.4. The van der Waals surface area contributed by atoms with Crippen molar-refractivity contribution in [2.45, 2.75) is 6.42 Å². The van der Waals surface area contributed by atoms with Gasteiger partial charge >= 0.3 is 5.97 Å². The van der Waals surface area contributed by atoms with Gasteiger partial charge in [0, 0.05) is 17.9 Å². The van der Waals surface area contributed by atoms with E-state index in [1.165, 1.54) is 12.3 Å². The zero-order valence-electron chi connectivity index (χ0n) is 7.33. The minimum absolute atomic E-state index is 0.177. The van der Waals surface area contributed by atoms with Crippen molar-refractivity contribution in [1.29, 1.82) is 0 Å². The van der Waals surface area contributed by atoms with Crippen molar-refractivity contribution in [1.82, 2.24) is 4.98 Å². The molecule has 0 aliphatic rings. The molecule has 72 valence electrons. The van der Waals surface area contributed by atoms with Crippen LogP contribution in [0.4, 0.5) is 0 Å². The summed E-state index contributed by atoms with van der Waals surface area (Å²) in [7, 11) is 0. The average molecular weight is 254 g/mol. The van der Waals surface area contributed by atoms with Crippen molar-refractivity contribution in [2.24, 2.45) is 0 Å². The van der Waals surface area contributed by atoms with E-state index in [-0.39, 0.29) is 5.56 Å². The van der Waals surface area contributed by atoms with Gasteiger partial charge in [0.2, 0.25) is 0 Å². The van der Waals surface area contributed by atoms with Gasteiger partial charge in [-0.05, 0) is 18.1 Å². The van der Waals surface area contributed by atoms with Gasteiger partial charge in [0.15, 0.2) is 0 Å². The van der Waals surface area contributed by atoms with Crippen molar-refractivity contribution in [2.75, 3.05) is 5.33 Å². The van der Waals surface area contributed by atoms with Gasteiger partial charge in [-0.15, -0.1) is 0 Å². The Morgan fingerprint density at radius 3 is 2.86 bits per heavy atom. The molecular formula is C10H8BrNO2. The molecule has 1 aromatic rings. The fourth-order valence-corrected chi connectivity index (χ4v) is 0.993. The van der Waals surface area contributed by atoms with Gasteiger partial charge in [-0.2, -0.15) is 0 Å². The van der Waals surface area contributed by atoms with Gasteiger partial charge in [0.05, 0.1) is 5.56 Å². The fraction of sp³-hybridized carbons (Fsp3) is 0.200. The fourth-order valence-electron chi connectivity index (χ4n) is 0.795. The number of nitrogens with zero attached hydrogens (tertiary/aromatic N) is 1. The summed E-state index contributed by atoms with van der Waals surface area (Å²) in [6.07, 6.45) is 2.06. The van der Waals surface area contributed by atoms with Crippen LogP contribution in [-0.4, -0.2) is 21.4 Å². The first-order valence-electron chi connectivity index (χ1n) is 3.98. The normalized spacial score (nSPS) is 8.93. The molecule has 0 saturated heterocycles. The number of carboxylic acid groups (broad SMARTS) is 1. The van der Waals surface area contributed by atoms with Crippen LogP contribution in [0.2, 0.25) is 0 Å². The Bertz CT molecular complexity index is 375. The number of aromatic carboxylic acids is 1. The molecule has 0 bridgehead atoms. The SMILES string of the molecule is O=C(O)c1ccc(C#CCCBr)nc1. The van der Waals surface area contributed by atoms with E-state index in [0.29, 0.717) is 5.69 Å². The third kappa shape index (κ3) is 3.19. The molecule has 1 rings (SSSR count). The van der Waals surface area contributed by atoms with E-state index in [9.17, 15) is 4.79 Å². The minimum atomic E-state index is -0.975. The molecule has 0 fully saturated rings. The second-order valence-electron chi connectivity index (χ2n) is 2.48. The van der Waals surface area contributed by atoms with Crippen LogP contribution in [0.3, 0.4) is 0 Å². The van der Waals surface area contributed by atoms with E-state index in [4.69, 9.17) is 5.11 Å². The van der Waals surface area contributed by atoms with Crippen LogP contribution in [-0.2, 0) is 0 Å². The largest absolute Gasteiger partial charge is 0.478 e. The molecule has 0 amide bonds. The molecular weight excluding hydrogens is 246 g/mol. The number of pyridine rings is 1. The molecule has 0 radical (unpaired) electrons. The lowest BCUT2D eigenvalue weighted by Crippen LogP contribution is -1.97. The van der Waals surface area contributed by atoms with Gasteiger partial charge in [-0.3, -0.25) is 0 Å². The lowest BCUT2D eigenvalue weighted by atomic mass is 10.2. The van der Waals surface area contributed by atoms with Crippen LogP contribution in [0.15, 0.2) is 18.3 Å². The van der Waals surface area contributed by atoms with Crippen LogP contribution in [0, 0.1) is 11.8 Å². The van der Waals surface area contributed by atoms with E-state index in [1.807, 2.05) is 0 Å². The van der Waals surface area contributed by atoms with E-state index >= 15 is 0 Å². The number of halogens is 1. The van der Waals surface area contributed by atoms with Gasteiger partial charge in [0.25, 0.3) is 0 Å². The lowest BCUT2D eigenvalue weighted by molar-refractivity contribution is 0.0696. The molecule has 0 spiro atoms. The smallest absolute Gasteiger partial charge is 0.337 e. The molecule has 1 heterocycles.